The summed E-state index contributed by atoms with van der Waals surface area (Å²) in [5.41, 5.74) is 6.22. The minimum atomic E-state index is -0.499. The summed E-state index contributed by atoms with van der Waals surface area (Å²) in [6, 6.07) is 4.44. The maximum Gasteiger partial charge on any atom is 0.274 e. The molecular weight excluding hydrogens is 184 g/mol. The highest BCUT2D eigenvalue weighted by Gasteiger charge is 2.12. The van der Waals surface area contributed by atoms with Crippen molar-refractivity contribution in [2.45, 2.75) is 13.8 Å². The number of nitro groups is 1. The first kappa shape index (κ1) is 12.4. The van der Waals surface area contributed by atoms with Gasteiger partial charge in [0, 0.05) is 30.3 Å². The van der Waals surface area contributed by atoms with Crippen LogP contribution in [0.5, 0.6) is 0 Å². The molecule has 0 atom stereocenters. The van der Waals surface area contributed by atoms with Crippen LogP contribution in [0.15, 0.2) is 18.2 Å². The normalized spacial score (nSPS) is 9.21. The van der Waals surface area contributed by atoms with Crippen LogP contribution in [-0.4, -0.2) is 16.6 Å². The Bertz CT molecular complexity index is 326. The predicted molar refractivity (Wildman–Crippen MR) is 55.0 cm³/mol. The summed E-state index contributed by atoms with van der Waals surface area (Å²) in [5, 5.41) is 19.2. The average Bonchev–Trinajstić information content (AvgIpc) is 2.08. The summed E-state index contributed by atoms with van der Waals surface area (Å²) < 4.78 is 0. The summed E-state index contributed by atoms with van der Waals surface area (Å²) in [4.78, 5) is 10.0. The van der Waals surface area contributed by atoms with Gasteiger partial charge < -0.3 is 10.8 Å². The number of hydrogen-bond donors (Lipinski definition) is 2. The van der Waals surface area contributed by atoms with Gasteiger partial charge in [-0.2, -0.15) is 0 Å². The number of nitrogens with zero attached hydrogens (tertiary/aromatic N) is 1. The summed E-state index contributed by atoms with van der Waals surface area (Å²) >= 11 is 0. The van der Waals surface area contributed by atoms with E-state index in [2.05, 4.69) is 0 Å². The number of hydrogen-bond acceptors (Lipinski definition) is 4. The highest BCUT2D eigenvalue weighted by atomic mass is 16.6. The van der Waals surface area contributed by atoms with Gasteiger partial charge in [-0.1, -0.05) is 13.5 Å². The summed E-state index contributed by atoms with van der Waals surface area (Å²) in [6.45, 7) is -0.106. The third-order valence-electron chi connectivity index (χ3n) is 1.69. The van der Waals surface area contributed by atoms with Gasteiger partial charge in [-0.05, 0) is 6.07 Å². The molecule has 0 heterocycles. The van der Waals surface area contributed by atoms with Crippen molar-refractivity contribution in [1.82, 2.24) is 0 Å². The summed E-state index contributed by atoms with van der Waals surface area (Å²) in [6.07, 6.45) is 0.274. The first-order chi connectivity index (χ1) is 6.15. The van der Waals surface area contributed by atoms with Gasteiger partial charge in [-0.15, -0.1) is 0 Å². The smallest absolute Gasteiger partial charge is 0.274 e. The number of benzene rings is 1. The number of nitro benzene ring substituents is 1. The standard InChI is InChI=1S/C8H10N2O3.CH4/c9-7-2-1-6(3-4-11)8(5-7)10(12)13;/h1-2,5,11H,3-4,9H2;1H4. The molecule has 0 fully saturated rings. The van der Waals surface area contributed by atoms with Gasteiger partial charge in [0.2, 0.25) is 0 Å². The maximum absolute atomic E-state index is 10.5. The Hall–Kier alpha value is -1.62. The van der Waals surface area contributed by atoms with E-state index in [0.29, 0.717) is 11.3 Å². The predicted octanol–water partition coefficient (Wildman–Crippen LogP) is 1.35. The number of aliphatic hydroxyl groups excluding tert-OH is 1. The molecule has 0 unspecified atom stereocenters. The number of nitrogens with two attached hydrogens (primary N) is 1. The summed E-state index contributed by atoms with van der Waals surface area (Å²) in [7, 11) is 0. The van der Waals surface area contributed by atoms with E-state index in [1.165, 1.54) is 6.07 Å². The molecule has 0 saturated heterocycles. The Kier molecular flexibility index (Phi) is 4.58. The second kappa shape index (κ2) is 5.18. The molecule has 1 rings (SSSR count). The minimum Gasteiger partial charge on any atom is -0.399 e. The molecule has 0 bridgehead atoms. The second-order valence-electron chi connectivity index (χ2n) is 2.62. The lowest BCUT2D eigenvalue weighted by Gasteiger charge is -2.01. The Labute approximate surface area is 82.3 Å². The van der Waals surface area contributed by atoms with Gasteiger partial charge >= 0.3 is 0 Å². The number of rotatable bonds is 3. The zero-order chi connectivity index (χ0) is 9.84. The van der Waals surface area contributed by atoms with Crippen molar-refractivity contribution in [1.29, 1.82) is 0 Å². The van der Waals surface area contributed by atoms with E-state index in [1.54, 1.807) is 12.1 Å². The van der Waals surface area contributed by atoms with Crippen LogP contribution in [0.4, 0.5) is 11.4 Å². The zero-order valence-corrected chi connectivity index (χ0v) is 6.93. The Morgan fingerprint density at radius 1 is 1.50 bits per heavy atom. The van der Waals surface area contributed by atoms with Crippen LogP contribution >= 0.6 is 0 Å². The molecule has 1 aromatic rings. The topological polar surface area (TPSA) is 89.4 Å². The van der Waals surface area contributed by atoms with Crippen LogP contribution in [0.2, 0.25) is 0 Å². The largest absolute Gasteiger partial charge is 0.399 e. The fraction of sp³-hybridized carbons (Fsp3) is 0.333. The molecule has 0 aliphatic rings. The molecule has 0 aromatic heterocycles. The maximum atomic E-state index is 10.5. The molecular formula is C9H14N2O3. The van der Waals surface area contributed by atoms with Crippen molar-refractivity contribution in [2.24, 2.45) is 0 Å². The minimum absolute atomic E-state index is 0. The third kappa shape index (κ3) is 2.70. The van der Waals surface area contributed by atoms with Gasteiger partial charge in [0.25, 0.3) is 5.69 Å². The Morgan fingerprint density at radius 3 is 2.64 bits per heavy atom. The van der Waals surface area contributed by atoms with Gasteiger partial charge in [0.05, 0.1) is 4.92 Å². The lowest BCUT2D eigenvalue weighted by molar-refractivity contribution is -0.385. The van der Waals surface area contributed by atoms with E-state index < -0.39 is 4.92 Å². The van der Waals surface area contributed by atoms with E-state index >= 15 is 0 Å². The third-order valence-corrected chi connectivity index (χ3v) is 1.69. The van der Waals surface area contributed by atoms with Gasteiger partial charge in [-0.3, -0.25) is 10.1 Å². The van der Waals surface area contributed by atoms with Crippen molar-refractivity contribution in [2.75, 3.05) is 12.3 Å². The van der Waals surface area contributed by atoms with Crippen LogP contribution in [0.3, 0.4) is 0 Å². The van der Waals surface area contributed by atoms with E-state index in [0.717, 1.165) is 0 Å². The molecule has 0 saturated carbocycles. The van der Waals surface area contributed by atoms with Crippen molar-refractivity contribution in [3.05, 3.63) is 33.9 Å². The fourth-order valence-electron chi connectivity index (χ4n) is 1.08. The van der Waals surface area contributed by atoms with Crippen molar-refractivity contribution >= 4 is 11.4 Å². The first-order valence-corrected chi connectivity index (χ1v) is 3.79. The Balaban J connectivity index is 0.00000169. The zero-order valence-electron chi connectivity index (χ0n) is 6.93. The van der Waals surface area contributed by atoms with Crippen molar-refractivity contribution < 1.29 is 10.0 Å². The number of anilines is 1. The molecule has 3 N–H and O–H groups in total. The van der Waals surface area contributed by atoms with Crippen LogP contribution in [0, 0.1) is 10.1 Å². The lowest BCUT2D eigenvalue weighted by Crippen LogP contribution is -1.99. The number of nitrogen functional groups attached to an aromatic ring is 1. The van der Waals surface area contributed by atoms with E-state index in [1.807, 2.05) is 0 Å². The van der Waals surface area contributed by atoms with Crippen molar-refractivity contribution in [3.8, 4) is 0 Å². The van der Waals surface area contributed by atoms with E-state index in [9.17, 15) is 10.1 Å². The van der Waals surface area contributed by atoms with Crippen LogP contribution in [0.1, 0.15) is 13.0 Å². The van der Waals surface area contributed by atoms with Crippen LogP contribution in [-0.2, 0) is 6.42 Å². The molecule has 0 radical (unpaired) electrons. The molecule has 0 amide bonds. The molecule has 0 aliphatic carbocycles. The monoisotopic (exact) mass is 198 g/mol. The Morgan fingerprint density at radius 2 is 2.14 bits per heavy atom. The number of aliphatic hydroxyl groups is 1. The molecule has 0 aliphatic heterocycles. The van der Waals surface area contributed by atoms with Crippen LogP contribution in [0.25, 0.3) is 0 Å². The fourth-order valence-corrected chi connectivity index (χ4v) is 1.08. The van der Waals surface area contributed by atoms with Crippen molar-refractivity contribution in [3.63, 3.8) is 0 Å². The van der Waals surface area contributed by atoms with E-state index in [-0.39, 0.29) is 26.1 Å². The average molecular weight is 198 g/mol. The molecule has 1 aromatic carbocycles. The molecule has 5 nitrogen and oxygen atoms in total. The second-order valence-corrected chi connectivity index (χ2v) is 2.62. The van der Waals surface area contributed by atoms with E-state index in [4.69, 9.17) is 10.8 Å². The lowest BCUT2D eigenvalue weighted by atomic mass is 10.1. The van der Waals surface area contributed by atoms with Crippen LogP contribution < -0.4 is 5.73 Å². The first-order valence-electron chi connectivity index (χ1n) is 3.79. The summed E-state index contributed by atoms with van der Waals surface area (Å²) in [5.74, 6) is 0. The van der Waals surface area contributed by atoms with Gasteiger partial charge in [-0.25, -0.2) is 0 Å². The SMILES string of the molecule is C.Nc1ccc(CCO)c([N+](=O)[O-])c1. The molecule has 0 spiro atoms. The molecule has 5 heteroatoms. The van der Waals surface area contributed by atoms with Gasteiger partial charge in [0.1, 0.15) is 0 Å². The molecule has 14 heavy (non-hydrogen) atoms. The quantitative estimate of drug-likeness (QED) is 0.435. The molecule has 78 valence electrons. The highest BCUT2D eigenvalue weighted by Crippen LogP contribution is 2.21. The highest BCUT2D eigenvalue weighted by molar-refractivity contribution is 5.52. The van der Waals surface area contributed by atoms with Gasteiger partial charge in [0.15, 0.2) is 0 Å².